The highest BCUT2D eigenvalue weighted by Crippen LogP contribution is 2.24. The van der Waals surface area contributed by atoms with Gasteiger partial charge < -0.3 is 14.6 Å². The number of carbonyl (C=O) groups is 1. The standard InChI is InChI=1S/C13H19FN2O2/c14-6-2-7-15-9-4-11(5-10-15)16-8-1-3-12(16)13(17)18/h1,3,8,11H,2,4-7,9-10H2,(H,17,18). The lowest BCUT2D eigenvalue weighted by Gasteiger charge is -2.33. The number of halogens is 1. The maximum Gasteiger partial charge on any atom is 0.352 e. The van der Waals surface area contributed by atoms with E-state index in [1.54, 1.807) is 12.1 Å². The third-order valence-corrected chi connectivity index (χ3v) is 3.56. The second kappa shape index (κ2) is 6.00. The van der Waals surface area contributed by atoms with E-state index in [1.807, 2.05) is 10.8 Å². The quantitative estimate of drug-likeness (QED) is 0.876. The number of hydrogen-bond acceptors (Lipinski definition) is 2. The Kier molecular flexibility index (Phi) is 4.36. The molecule has 1 aromatic heterocycles. The molecule has 2 heterocycles. The van der Waals surface area contributed by atoms with Crippen molar-refractivity contribution >= 4 is 5.97 Å². The molecular weight excluding hydrogens is 235 g/mol. The van der Waals surface area contributed by atoms with Gasteiger partial charge in [-0.2, -0.15) is 0 Å². The number of carboxylic acids is 1. The Balaban J connectivity index is 1.93. The van der Waals surface area contributed by atoms with E-state index in [9.17, 15) is 9.18 Å². The van der Waals surface area contributed by atoms with Gasteiger partial charge in [0.2, 0.25) is 0 Å². The zero-order valence-electron chi connectivity index (χ0n) is 10.4. The van der Waals surface area contributed by atoms with Crippen molar-refractivity contribution in [2.24, 2.45) is 0 Å². The van der Waals surface area contributed by atoms with E-state index >= 15 is 0 Å². The molecule has 100 valence electrons. The number of piperidine rings is 1. The van der Waals surface area contributed by atoms with Crippen LogP contribution in [0.5, 0.6) is 0 Å². The lowest BCUT2D eigenvalue weighted by atomic mass is 10.0. The average Bonchev–Trinajstić information content (AvgIpc) is 2.86. The molecule has 18 heavy (non-hydrogen) atoms. The molecule has 2 rings (SSSR count). The van der Waals surface area contributed by atoms with Gasteiger partial charge in [0.05, 0.1) is 6.67 Å². The molecule has 0 saturated carbocycles. The topological polar surface area (TPSA) is 45.5 Å². The van der Waals surface area contributed by atoms with E-state index in [-0.39, 0.29) is 12.7 Å². The molecule has 0 radical (unpaired) electrons. The number of carboxylic acid groups (broad SMARTS) is 1. The first kappa shape index (κ1) is 13.1. The van der Waals surface area contributed by atoms with E-state index < -0.39 is 5.97 Å². The molecule has 5 heteroatoms. The second-order valence-electron chi connectivity index (χ2n) is 4.72. The number of hydrogen-bond donors (Lipinski definition) is 1. The first-order valence-electron chi connectivity index (χ1n) is 6.41. The van der Waals surface area contributed by atoms with E-state index in [2.05, 4.69) is 4.90 Å². The molecule has 0 spiro atoms. The number of likely N-dealkylation sites (tertiary alicyclic amines) is 1. The molecule has 1 aliphatic rings. The zero-order chi connectivity index (χ0) is 13.0. The van der Waals surface area contributed by atoms with Crippen LogP contribution in [-0.4, -0.2) is 46.9 Å². The van der Waals surface area contributed by atoms with E-state index in [1.165, 1.54) is 0 Å². The van der Waals surface area contributed by atoms with E-state index in [0.29, 0.717) is 12.1 Å². The Morgan fingerprint density at radius 2 is 2.17 bits per heavy atom. The predicted molar refractivity (Wildman–Crippen MR) is 66.7 cm³/mol. The molecule has 4 nitrogen and oxygen atoms in total. The van der Waals surface area contributed by atoms with Crippen LogP contribution >= 0.6 is 0 Å². The monoisotopic (exact) mass is 254 g/mol. The predicted octanol–water partition coefficient (Wildman–Crippen LogP) is 2.18. The van der Waals surface area contributed by atoms with E-state index in [4.69, 9.17) is 5.11 Å². The largest absolute Gasteiger partial charge is 0.477 e. The number of alkyl halides is 1. The summed E-state index contributed by atoms with van der Waals surface area (Å²) < 4.78 is 13.9. The lowest BCUT2D eigenvalue weighted by Crippen LogP contribution is -2.35. The highest BCUT2D eigenvalue weighted by Gasteiger charge is 2.22. The smallest absolute Gasteiger partial charge is 0.352 e. The van der Waals surface area contributed by atoms with Gasteiger partial charge in [-0.1, -0.05) is 0 Å². The Morgan fingerprint density at radius 1 is 1.44 bits per heavy atom. The summed E-state index contributed by atoms with van der Waals surface area (Å²) in [6.07, 6.45) is 4.29. The fraction of sp³-hybridized carbons (Fsp3) is 0.615. The van der Waals surface area contributed by atoms with Gasteiger partial charge in [-0.15, -0.1) is 0 Å². The molecule has 1 fully saturated rings. The summed E-state index contributed by atoms with van der Waals surface area (Å²) in [5.41, 5.74) is 0.359. The molecule has 1 aromatic rings. The molecule has 0 aliphatic carbocycles. The summed E-state index contributed by atoms with van der Waals surface area (Å²) in [4.78, 5) is 13.3. The number of rotatable bonds is 5. The van der Waals surface area contributed by atoms with Gasteiger partial charge in [0.15, 0.2) is 0 Å². The van der Waals surface area contributed by atoms with Gasteiger partial charge in [0.1, 0.15) is 5.69 Å². The maximum atomic E-state index is 12.1. The van der Waals surface area contributed by atoms with Gasteiger partial charge in [-0.25, -0.2) is 4.79 Å². The van der Waals surface area contributed by atoms with Crippen LogP contribution in [0.1, 0.15) is 35.8 Å². The average molecular weight is 254 g/mol. The van der Waals surface area contributed by atoms with Crippen molar-refractivity contribution in [1.82, 2.24) is 9.47 Å². The fourth-order valence-electron chi connectivity index (χ4n) is 2.60. The van der Waals surface area contributed by atoms with Crippen LogP contribution in [0.15, 0.2) is 18.3 Å². The van der Waals surface area contributed by atoms with Crippen molar-refractivity contribution in [1.29, 1.82) is 0 Å². The van der Waals surface area contributed by atoms with Gasteiger partial charge in [0.25, 0.3) is 0 Å². The molecule has 0 aromatic carbocycles. The van der Waals surface area contributed by atoms with Crippen LogP contribution in [0.3, 0.4) is 0 Å². The molecular formula is C13H19FN2O2. The van der Waals surface area contributed by atoms with Crippen LogP contribution < -0.4 is 0 Å². The lowest BCUT2D eigenvalue weighted by molar-refractivity contribution is 0.0678. The first-order chi connectivity index (χ1) is 8.72. The molecule has 0 atom stereocenters. The summed E-state index contributed by atoms with van der Waals surface area (Å²) >= 11 is 0. The Bertz CT molecular complexity index is 397. The van der Waals surface area contributed by atoms with Crippen molar-refractivity contribution < 1.29 is 14.3 Å². The van der Waals surface area contributed by atoms with Gasteiger partial charge >= 0.3 is 5.97 Å². The SMILES string of the molecule is O=C(O)c1cccn1C1CCN(CCCF)CC1. The van der Waals surface area contributed by atoms with Crippen molar-refractivity contribution in [3.63, 3.8) is 0 Å². The Morgan fingerprint density at radius 3 is 2.78 bits per heavy atom. The van der Waals surface area contributed by atoms with Crippen LogP contribution in [0.2, 0.25) is 0 Å². The van der Waals surface area contributed by atoms with E-state index in [0.717, 1.165) is 32.5 Å². The molecule has 0 amide bonds. The van der Waals surface area contributed by atoms with Crippen molar-refractivity contribution in [2.45, 2.75) is 25.3 Å². The Hall–Kier alpha value is -1.36. The summed E-state index contributed by atoms with van der Waals surface area (Å²) in [5.74, 6) is -0.875. The van der Waals surface area contributed by atoms with Crippen LogP contribution in [0.25, 0.3) is 0 Å². The fourth-order valence-corrected chi connectivity index (χ4v) is 2.60. The summed E-state index contributed by atoms with van der Waals surface area (Å²) in [6.45, 7) is 2.38. The Labute approximate surface area is 106 Å². The summed E-state index contributed by atoms with van der Waals surface area (Å²) in [6, 6.07) is 3.67. The highest BCUT2D eigenvalue weighted by molar-refractivity contribution is 5.85. The summed E-state index contributed by atoms with van der Waals surface area (Å²) in [5, 5.41) is 9.08. The number of aromatic carboxylic acids is 1. The van der Waals surface area contributed by atoms with Crippen LogP contribution in [0.4, 0.5) is 4.39 Å². The van der Waals surface area contributed by atoms with Crippen molar-refractivity contribution in [2.75, 3.05) is 26.3 Å². The highest BCUT2D eigenvalue weighted by atomic mass is 19.1. The molecule has 1 saturated heterocycles. The van der Waals surface area contributed by atoms with Crippen LogP contribution in [0, 0.1) is 0 Å². The van der Waals surface area contributed by atoms with Gasteiger partial charge in [-0.05, 0) is 31.4 Å². The van der Waals surface area contributed by atoms with Gasteiger partial charge in [-0.3, -0.25) is 4.39 Å². The normalized spacial score (nSPS) is 18.1. The molecule has 1 aliphatic heterocycles. The third kappa shape index (κ3) is 2.90. The second-order valence-corrected chi connectivity index (χ2v) is 4.72. The molecule has 1 N–H and O–H groups in total. The molecule has 0 unspecified atom stereocenters. The maximum absolute atomic E-state index is 12.1. The minimum absolute atomic E-state index is 0.257. The molecule has 0 bridgehead atoms. The number of nitrogens with zero attached hydrogens (tertiary/aromatic N) is 2. The summed E-state index contributed by atoms with van der Waals surface area (Å²) in [7, 11) is 0. The number of aromatic nitrogens is 1. The van der Waals surface area contributed by atoms with Crippen LogP contribution in [-0.2, 0) is 0 Å². The van der Waals surface area contributed by atoms with Crippen molar-refractivity contribution in [3.8, 4) is 0 Å². The first-order valence-corrected chi connectivity index (χ1v) is 6.41. The van der Waals surface area contributed by atoms with Crippen molar-refractivity contribution in [3.05, 3.63) is 24.0 Å². The minimum Gasteiger partial charge on any atom is -0.477 e. The third-order valence-electron chi connectivity index (χ3n) is 3.56. The van der Waals surface area contributed by atoms with Gasteiger partial charge in [0, 0.05) is 31.9 Å². The zero-order valence-corrected chi connectivity index (χ0v) is 10.4. The minimum atomic E-state index is -0.875.